The van der Waals surface area contributed by atoms with Crippen LogP contribution in [-0.2, 0) is 9.53 Å². The Morgan fingerprint density at radius 3 is 2.95 bits per heavy atom. The summed E-state index contributed by atoms with van der Waals surface area (Å²) in [5.41, 5.74) is 6.82. The predicted molar refractivity (Wildman–Crippen MR) is 87.3 cm³/mol. The summed E-state index contributed by atoms with van der Waals surface area (Å²) in [7, 11) is 0. The number of carbonyl (C=O) groups excluding carboxylic acids is 2. The van der Waals surface area contributed by atoms with Gasteiger partial charge in [-0.2, -0.15) is 11.8 Å². The molecule has 1 amide bonds. The molecule has 0 bridgehead atoms. The van der Waals surface area contributed by atoms with Gasteiger partial charge in [-0.15, -0.1) is 0 Å². The molecular formula is C14H17BrN2O3S. The SMILES string of the molecule is CCOC(=O)C1CSCCN1C(=O)c1ccc(N)c(Br)c1. The molecule has 1 heterocycles. The molecule has 2 N–H and O–H groups in total. The van der Waals surface area contributed by atoms with Crippen LogP contribution >= 0.6 is 27.7 Å². The molecule has 1 aromatic carbocycles. The zero-order valence-corrected chi connectivity index (χ0v) is 14.1. The summed E-state index contributed by atoms with van der Waals surface area (Å²) in [5, 5.41) is 0. The average molecular weight is 373 g/mol. The van der Waals surface area contributed by atoms with Crippen LogP contribution in [-0.4, -0.2) is 47.5 Å². The van der Waals surface area contributed by atoms with Crippen molar-refractivity contribution < 1.29 is 14.3 Å². The van der Waals surface area contributed by atoms with E-state index in [9.17, 15) is 9.59 Å². The number of thioether (sulfide) groups is 1. The molecule has 1 atom stereocenters. The second-order valence-electron chi connectivity index (χ2n) is 4.58. The Bertz CT molecular complexity index is 553. The first-order valence-electron chi connectivity index (χ1n) is 6.65. The number of anilines is 1. The minimum atomic E-state index is -0.521. The minimum Gasteiger partial charge on any atom is -0.464 e. The second-order valence-corrected chi connectivity index (χ2v) is 6.58. The first kappa shape index (κ1) is 16.2. The van der Waals surface area contributed by atoms with Gasteiger partial charge in [-0.25, -0.2) is 4.79 Å². The molecule has 0 aliphatic carbocycles. The van der Waals surface area contributed by atoms with Crippen LogP contribution in [0.3, 0.4) is 0 Å². The van der Waals surface area contributed by atoms with Gasteiger partial charge in [0.15, 0.2) is 0 Å². The standard InChI is InChI=1S/C14H17BrN2O3S/c1-2-20-14(19)12-8-21-6-5-17(12)13(18)9-3-4-11(16)10(15)7-9/h3-4,7,12H,2,5-6,8,16H2,1H3. The third-order valence-corrected chi connectivity index (χ3v) is 4.90. The van der Waals surface area contributed by atoms with Crippen LogP contribution in [0.15, 0.2) is 22.7 Å². The maximum atomic E-state index is 12.6. The van der Waals surface area contributed by atoms with Crippen molar-refractivity contribution in [3.63, 3.8) is 0 Å². The smallest absolute Gasteiger partial charge is 0.329 e. The average Bonchev–Trinajstić information content (AvgIpc) is 2.49. The van der Waals surface area contributed by atoms with E-state index in [0.717, 1.165) is 5.75 Å². The Morgan fingerprint density at radius 1 is 1.52 bits per heavy atom. The summed E-state index contributed by atoms with van der Waals surface area (Å²) in [6.07, 6.45) is 0. The Balaban J connectivity index is 2.21. The highest BCUT2D eigenvalue weighted by Crippen LogP contribution is 2.24. The van der Waals surface area contributed by atoms with E-state index in [1.54, 1.807) is 41.8 Å². The molecule has 0 saturated carbocycles. The summed E-state index contributed by atoms with van der Waals surface area (Å²) in [5.74, 6) is 0.875. The number of hydrogen-bond acceptors (Lipinski definition) is 5. The fourth-order valence-corrected chi connectivity index (χ4v) is 3.52. The molecule has 1 unspecified atom stereocenters. The topological polar surface area (TPSA) is 72.6 Å². The molecule has 1 aliphatic rings. The van der Waals surface area contributed by atoms with Crippen LogP contribution < -0.4 is 5.73 Å². The molecule has 1 aliphatic heterocycles. The zero-order valence-electron chi connectivity index (χ0n) is 11.7. The van der Waals surface area contributed by atoms with Crippen molar-refractivity contribution in [2.45, 2.75) is 13.0 Å². The van der Waals surface area contributed by atoms with Gasteiger partial charge in [0.1, 0.15) is 6.04 Å². The van der Waals surface area contributed by atoms with Gasteiger partial charge in [-0.1, -0.05) is 0 Å². The quantitative estimate of drug-likeness (QED) is 0.649. The Labute approximate surface area is 136 Å². The van der Waals surface area contributed by atoms with E-state index >= 15 is 0 Å². The highest BCUT2D eigenvalue weighted by atomic mass is 79.9. The molecule has 114 valence electrons. The zero-order chi connectivity index (χ0) is 15.4. The van der Waals surface area contributed by atoms with Gasteiger partial charge in [-0.05, 0) is 41.1 Å². The van der Waals surface area contributed by atoms with Gasteiger partial charge in [-0.3, -0.25) is 4.79 Å². The molecule has 5 nitrogen and oxygen atoms in total. The maximum absolute atomic E-state index is 12.6. The molecule has 2 rings (SSSR count). The van der Waals surface area contributed by atoms with E-state index in [-0.39, 0.29) is 11.9 Å². The fraction of sp³-hybridized carbons (Fsp3) is 0.429. The molecule has 1 saturated heterocycles. The number of rotatable bonds is 3. The van der Waals surface area contributed by atoms with Crippen molar-refractivity contribution in [1.82, 2.24) is 4.90 Å². The highest BCUT2D eigenvalue weighted by molar-refractivity contribution is 9.10. The molecule has 21 heavy (non-hydrogen) atoms. The van der Waals surface area contributed by atoms with Gasteiger partial charge in [0.05, 0.1) is 6.61 Å². The number of carbonyl (C=O) groups is 2. The van der Waals surface area contributed by atoms with Crippen LogP contribution in [0.2, 0.25) is 0 Å². The number of nitrogen functional groups attached to an aromatic ring is 1. The van der Waals surface area contributed by atoms with E-state index in [4.69, 9.17) is 10.5 Å². The van der Waals surface area contributed by atoms with Crippen LogP contribution in [0.25, 0.3) is 0 Å². The lowest BCUT2D eigenvalue weighted by molar-refractivity contribution is -0.147. The number of ether oxygens (including phenoxy) is 1. The van der Waals surface area contributed by atoms with Crippen LogP contribution in [0.1, 0.15) is 17.3 Å². The van der Waals surface area contributed by atoms with Crippen LogP contribution in [0.4, 0.5) is 5.69 Å². The Hall–Kier alpha value is -1.21. The lowest BCUT2D eigenvalue weighted by Gasteiger charge is -2.33. The van der Waals surface area contributed by atoms with Crippen molar-refractivity contribution in [1.29, 1.82) is 0 Å². The predicted octanol–water partition coefficient (Wildman–Crippen LogP) is 2.15. The normalized spacial score (nSPS) is 18.4. The summed E-state index contributed by atoms with van der Waals surface area (Å²) in [6, 6.07) is 4.51. The van der Waals surface area contributed by atoms with Gasteiger partial charge >= 0.3 is 5.97 Å². The fourth-order valence-electron chi connectivity index (χ4n) is 2.11. The lowest BCUT2D eigenvalue weighted by atomic mass is 10.1. The third-order valence-electron chi connectivity index (χ3n) is 3.20. The molecular weight excluding hydrogens is 356 g/mol. The van der Waals surface area contributed by atoms with Gasteiger partial charge in [0, 0.05) is 33.8 Å². The monoisotopic (exact) mass is 372 g/mol. The summed E-state index contributed by atoms with van der Waals surface area (Å²) in [6.45, 7) is 2.61. The van der Waals surface area contributed by atoms with Crippen LogP contribution in [0.5, 0.6) is 0 Å². The van der Waals surface area contributed by atoms with E-state index in [1.165, 1.54) is 0 Å². The Morgan fingerprint density at radius 2 is 2.29 bits per heavy atom. The summed E-state index contributed by atoms with van der Waals surface area (Å²) < 4.78 is 5.74. The summed E-state index contributed by atoms with van der Waals surface area (Å²) >= 11 is 4.97. The van der Waals surface area contributed by atoms with Crippen molar-refractivity contribution in [2.24, 2.45) is 0 Å². The highest BCUT2D eigenvalue weighted by Gasteiger charge is 2.34. The Kier molecular flexibility index (Phi) is 5.52. The first-order chi connectivity index (χ1) is 10.0. The molecule has 0 aromatic heterocycles. The third kappa shape index (κ3) is 3.71. The minimum absolute atomic E-state index is 0.172. The second kappa shape index (κ2) is 7.17. The number of halogens is 1. The van der Waals surface area contributed by atoms with E-state index in [1.807, 2.05) is 0 Å². The number of nitrogens with zero attached hydrogens (tertiary/aromatic N) is 1. The summed E-state index contributed by atoms with van der Waals surface area (Å²) in [4.78, 5) is 26.2. The number of amides is 1. The number of esters is 1. The van der Waals surface area contributed by atoms with Crippen molar-refractivity contribution in [2.75, 3.05) is 30.4 Å². The number of nitrogens with two attached hydrogens (primary N) is 1. The van der Waals surface area contributed by atoms with Crippen LogP contribution in [0, 0.1) is 0 Å². The molecule has 0 spiro atoms. The van der Waals surface area contributed by atoms with Gasteiger partial charge < -0.3 is 15.4 Å². The van der Waals surface area contributed by atoms with E-state index in [2.05, 4.69) is 15.9 Å². The number of hydrogen-bond donors (Lipinski definition) is 1. The van der Waals surface area contributed by atoms with Gasteiger partial charge in [0.2, 0.25) is 0 Å². The van der Waals surface area contributed by atoms with Crippen molar-refractivity contribution in [3.05, 3.63) is 28.2 Å². The van der Waals surface area contributed by atoms with Crippen molar-refractivity contribution in [3.8, 4) is 0 Å². The van der Waals surface area contributed by atoms with E-state index in [0.29, 0.717) is 34.6 Å². The molecule has 7 heteroatoms. The van der Waals surface area contributed by atoms with Crippen molar-refractivity contribution >= 4 is 45.3 Å². The molecule has 0 radical (unpaired) electrons. The van der Waals surface area contributed by atoms with Gasteiger partial charge in [0.25, 0.3) is 5.91 Å². The largest absolute Gasteiger partial charge is 0.464 e. The lowest BCUT2D eigenvalue weighted by Crippen LogP contribution is -2.51. The molecule has 1 fully saturated rings. The maximum Gasteiger partial charge on any atom is 0.329 e. The number of benzene rings is 1. The molecule has 1 aromatic rings. The van der Waals surface area contributed by atoms with E-state index < -0.39 is 6.04 Å². The first-order valence-corrected chi connectivity index (χ1v) is 8.59.